The maximum absolute atomic E-state index is 12.3. The van der Waals surface area contributed by atoms with Crippen molar-refractivity contribution >= 4 is 31.9 Å². The van der Waals surface area contributed by atoms with Gasteiger partial charge in [0.25, 0.3) is 0 Å². The van der Waals surface area contributed by atoms with Crippen molar-refractivity contribution in [2.45, 2.75) is 24.3 Å². The Morgan fingerprint density at radius 3 is 2.28 bits per heavy atom. The van der Waals surface area contributed by atoms with E-state index in [0.29, 0.717) is 4.47 Å². The van der Waals surface area contributed by atoms with Crippen LogP contribution in [0.4, 0.5) is 0 Å². The molecule has 0 radical (unpaired) electrons. The summed E-state index contributed by atoms with van der Waals surface area (Å²) in [7, 11) is -2.61. The number of nitrogens with zero attached hydrogens (tertiary/aromatic N) is 1. The summed E-state index contributed by atoms with van der Waals surface area (Å²) in [6.07, 6.45) is 0. The number of benzene rings is 1. The molecule has 0 heterocycles. The van der Waals surface area contributed by atoms with Crippen molar-refractivity contribution in [2.75, 3.05) is 7.05 Å². The molecule has 0 bridgehead atoms. The van der Waals surface area contributed by atoms with Crippen molar-refractivity contribution in [1.29, 1.82) is 0 Å². The number of rotatable bonds is 4. The summed E-state index contributed by atoms with van der Waals surface area (Å²) in [4.78, 5) is 11.2. The highest BCUT2D eigenvalue weighted by molar-refractivity contribution is 9.10. The van der Waals surface area contributed by atoms with E-state index in [4.69, 9.17) is 5.11 Å². The Morgan fingerprint density at radius 2 is 1.83 bits per heavy atom. The molecule has 0 aromatic heterocycles. The van der Waals surface area contributed by atoms with E-state index in [1.54, 1.807) is 18.2 Å². The van der Waals surface area contributed by atoms with Crippen LogP contribution < -0.4 is 0 Å². The van der Waals surface area contributed by atoms with Gasteiger partial charge in [-0.2, -0.15) is 4.31 Å². The predicted molar refractivity (Wildman–Crippen MR) is 70.8 cm³/mol. The first-order valence-electron chi connectivity index (χ1n) is 5.08. The van der Waals surface area contributed by atoms with E-state index in [0.717, 1.165) is 4.31 Å². The van der Waals surface area contributed by atoms with Crippen LogP contribution in [0.5, 0.6) is 0 Å². The van der Waals surface area contributed by atoms with Crippen LogP contribution in [-0.4, -0.2) is 36.4 Å². The third kappa shape index (κ3) is 2.57. The Hall–Kier alpha value is -0.920. The monoisotopic (exact) mass is 335 g/mol. The smallest absolute Gasteiger partial charge is 0.324 e. The topological polar surface area (TPSA) is 74.7 Å². The number of hydrogen-bond donors (Lipinski definition) is 1. The van der Waals surface area contributed by atoms with Gasteiger partial charge in [-0.25, -0.2) is 8.42 Å². The molecule has 0 aliphatic carbocycles. The van der Waals surface area contributed by atoms with Crippen molar-refractivity contribution in [2.24, 2.45) is 0 Å². The number of halogens is 1. The molecule has 18 heavy (non-hydrogen) atoms. The molecular formula is C11H14BrNO4S. The van der Waals surface area contributed by atoms with Crippen molar-refractivity contribution in [3.63, 3.8) is 0 Å². The van der Waals surface area contributed by atoms with Gasteiger partial charge < -0.3 is 5.11 Å². The highest BCUT2D eigenvalue weighted by Crippen LogP contribution is 2.28. The molecule has 100 valence electrons. The first kappa shape index (κ1) is 15.1. The minimum absolute atomic E-state index is 0.0434. The summed E-state index contributed by atoms with van der Waals surface area (Å²) in [5.74, 6) is -1.21. The van der Waals surface area contributed by atoms with Gasteiger partial charge in [0.05, 0.1) is 4.90 Å². The number of carbonyl (C=O) groups is 1. The minimum Gasteiger partial charge on any atom is -0.480 e. The molecule has 0 aliphatic rings. The lowest BCUT2D eigenvalue weighted by molar-refractivity contribution is -0.145. The van der Waals surface area contributed by atoms with Gasteiger partial charge in [0.2, 0.25) is 10.0 Å². The van der Waals surface area contributed by atoms with Crippen molar-refractivity contribution in [3.8, 4) is 0 Å². The molecular weight excluding hydrogens is 322 g/mol. The Kier molecular flexibility index (Phi) is 4.19. The fourth-order valence-electron chi connectivity index (χ4n) is 1.24. The van der Waals surface area contributed by atoms with Crippen molar-refractivity contribution in [1.82, 2.24) is 4.31 Å². The van der Waals surface area contributed by atoms with Gasteiger partial charge in [0.15, 0.2) is 0 Å². The fraction of sp³-hybridized carbons (Fsp3) is 0.364. The second kappa shape index (κ2) is 4.99. The molecule has 0 saturated carbocycles. The summed E-state index contributed by atoms with van der Waals surface area (Å²) >= 11 is 3.15. The van der Waals surface area contributed by atoms with Gasteiger partial charge >= 0.3 is 5.97 Å². The first-order valence-corrected chi connectivity index (χ1v) is 7.32. The van der Waals surface area contributed by atoms with Crippen LogP contribution in [0.15, 0.2) is 33.6 Å². The van der Waals surface area contributed by atoms with E-state index in [9.17, 15) is 13.2 Å². The summed E-state index contributed by atoms with van der Waals surface area (Å²) in [6.45, 7) is 2.67. The minimum atomic E-state index is -3.87. The number of hydrogen-bond acceptors (Lipinski definition) is 3. The van der Waals surface area contributed by atoms with Gasteiger partial charge in [-0.15, -0.1) is 0 Å². The summed E-state index contributed by atoms with van der Waals surface area (Å²) in [5, 5.41) is 9.07. The number of carboxylic acids is 1. The van der Waals surface area contributed by atoms with Crippen LogP contribution in [0, 0.1) is 0 Å². The molecule has 1 rings (SSSR count). The van der Waals surface area contributed by atoms with Crippen LogP contribution in [-0.2, 0) is 14.8 Å². The molecule has 0 saturated heterocycles. The molecule has 0 unspecified atom stereocenters. The largest absolute Gasteiger partial charge is 0.480 e. The fourth-order valence-corrected chi connectivity index (χ4v) is 3.67. The molecule has 1 N–H and O–H groups in total. The highest BCUT2D eigenvalue weighted by Gasteiger charge is 2.40. The molecule has 7 heteroatoms. The Bertz CT molecular complexity index is 568. The SMILES string of the molecule is CN(C(C)(C)C(=O)O)S(=O)(=O)c1ccccc1Br. The second-order valence-electron chi connectivity index (χ2n) is 4.27. The van der Waals surface area contributed by atoms with Crippen LogP contribution in [0.2, 0.25) is 0 Å². The zero-order valence-corrected chi connectivity index (χ0v) is 12.6. The quantitative estimate of drug-likeness (QED) is 0.912. The molecule has 1 aromatic carbocycles. The van der Waals surface area contributed by atoms with Gasteiger partial charge in [-0.3, -0.25) is 4.79 Å². The lowest BCUT2D eigenvalue weighted by atomic mass is 10.1. The zero-order valence-electron chi connectivity index (χ0n) is 10.2. The average Bonchev–Trinajstić information content (AvgIpc) is 2.28. The van der Waals surface area contributed by atoms with Crippen LogP contribution in [0.3, 0.4) is 0 Å². The van der Waals surface area contributed by atoms with E-state index < -0.39 is 21.5 Å². The van der Waals surface area contributed by atoms with E-state index in [1.807, 2.05) is 0 Å². The summed E-state index contributed by atoms with van der Waals surface area (Å²) in [5.41, 5.74) is -1.52. The standard InChI is InChI=1S/C11H14BrNO4S/c1-11(2,10(14)15)13(3)18(16,17)9-7-5-4-6-8(9)12/h4-7H,1-3H3,(H,14,15). The van der Waals surface area contributed by atoms with E-state index >= 15 is 0 Å². The molecule has 0 fully saturated rings. The third-order valence-electron chi connectivity index (χ3n) is 2.79. The third-order valence-corrected chi connectivity index (χ3v) is 5.83. The molecule has 5 nitrogen and oxygen atoms in total. The Labute approximate surface area is 115 Å². The maximum Gasteiger partial charge on any atom is 0.324 e. The number of carboxylic acid groups (broad SMARTS) is 1. The lowest BCUT2D eigenvalue weighted by Gasteiger charge is -2.30. The molecule has 0 aliphatic heterocycles. The molecule has 0 amide bonds. The van der Waals surface area contributed by atoms with Gasteiger partial charge in [-0.1, -0.05) is 12.1 Å². The van der Waals surface area contributed by atoms with Gasteiger partial charge in [-0.05, 0) is 41.9 Å². The van der Waals surface area contributed by atoms with E-state index in [-0.39, 0.29) is 4.90 Å². The maximum atomic E-state index is 12.3. The second-order valence-corrected chi connectivity index (χ2v) is 7.06. The molecule has 0 spiro atoms. The van der Waals surface area contributed by atoms with Crippen LogP contribution in [0.25, 0.3) is 0 Å². The van der Waals surface area contributed by atoms with Gasteiger partial charge in [0, 0.05) is 11.5 Å². The molecule has 1 aromatic rings. The predicted octanol–water partition coefficient (Wildman–Crippen LogP) is 1.93. The molecule has 0 atom stereocenters. The van der Waals surface area contributed by atoms with Crippen molar-refractivity contribution in [3.05, 3.63) is 28.7 Å². The van der Waals surface area contributed by atoms with Gasteiger partial charge in [0.1, 0.15) is 5.54 Å². The highest BCUT2D eigenvalue weighted by atomic mass is 79.9. The first-order chi connectivity index (χ1) is 8.11. The Morgan fingerprint density at radius 1 is 1.33 bits per heavy atom. The number of aliphatic carboxylic acids is 1. The van der Waals surface area contributed by atoms with E-state index in [2.05, 4.69) is 15.9 Å². The van der Waals surface area contributed by atoms with Crippen LogP contribution in [0.1, 0.15) is 13.8 Å². The summed E-state index contributed by atoms with van der Waals surface area (Å²) in [6, 6.07) is 6.28. The zero-order chi connectivity index (χ0) is 14.1. The Balaban J connectivity index is 3.33. The number of likely N-dealkylation sites (N-methyl/N-ethyl adjacent to an activating group) is 1. The average molecular weight is 336 g/mol. The summed E-state index contributed by atoms with van der Waals surface area (Å²) < 4.78 is 25.9. The van der Waals surface area contributed by atoms with E-state index in [1.165, 1.54) is 27.0 Å². The normalized spacial score (nSPS) is 12.7. The van der Waals surface area contributed by atoms with Crippen LogP contribution >= 0.6 is 15.9 Å². The van der Waals surface area contributed by atoms with Crippen molar-refractivity contribution < 1.29 is 18.3 Å². The number of sulfonamides is 1. The lowest BCUT2D eigenvalue weighted by Crippen LogP contribution is -2.50.